The maximum absolute atomic E-state index is 10.7. The van der Waals surface area contributed by atoms with Crippen molar-refractivity contribution < 1.29 is 4.79 Å². The summed E-state index contributed by atoms with van der Waals surface area (Å²) in [6.07, 6.45) is 54.0. The number of rotatable bonds is 24. The van der Waals surface area contributed by atoms with Crippen LogP contribution in [0, 0.1) is 0 Å². The number of carbonyl (C=O) groups is 1. The summed E-state index contributed by atoms with van der Waals surface area (Å²) in [5.41, 5.74) is 0. The molecule has 0 spiro atoms. The van der Waals surface area contributed by atoms with Crippen LogP contribution in [0.1, 0.15) is 117 Å². The van der Waals surface area contributed by atoms with Crippen molar-refractivity contribution in [3.8, 4) is 0 Å². The average Bonchev–Trinajstić information content (AvgIpc) is 2.87. The number of hydrogen-bond donors (Lipinski definition) is 0. The summed E-state index contributed by atoms with van der Waals surface area (Å²) in [6, 6.07) is 0. The fourth-order valence-electron chi connectivity index (χ4n) is 3.77. The molecule has 0 amide bonds. The Bertz CT molecular complexity index is 709. The SMILES string of the molecule is CCCCCCCCCCCCCCCCCC=CC=CC=CC=CC=CC=CC=CC=CC(C)=O. The first kappa shape index (κ1) is 33.6. The van der Waals surface area contributed by atoms with Gasteiger partial charge in [-0.05, 0) is 25.8 Å². The van der Waals surface area contributed by atoms with E-state index in [2.05, 4.69) is 31.2 Å². The highest BCUT2D eigenvalue weighted by Crippen LogP contribution is 2.13. The molecule has 0 bridgehead atoms. The Hall–Kier alpha value is -2.41. The Morgan fingerprint density at radius 3 is 1.08 bits per heavy atom. The molecule has 0 heterocycles. The van der Waals surface area contributed by atoms with Crippen molar-refractivity contribution in [2.75, 3.05) is 0 Å². The van der Waals surface area contributed by atoms with Gasteiger partial charge in [-0.1, -0.05) is 188 Å². The zero-order valence-electron chi connectivity index (χ0n) is 23.5. The number of hydrogen-bond acceptors (Lipinski definition) is 1. The second-order valence-corrected chi connectivity index (χ2v) is 9.45. The lowest BCUT2D eigenvalue weighted by atomic mass is 10.0. The Labute approximate surface area is 224 Å². The second-order valence-electron chi connectivity index (χ2n) is 9.45. The number of unbranched alkanes of at least 4 members (excludes halogenated alkanes) is 15. The molecule has 36 heavy (non-hydrogen) atoms. The van der Waals surface area contributed by atoms with Crippen LogP contribution in [0.5, 0.6) is 0 Å². The van der Waals surface area contributed by atoms with E-state index < -0.39 is 0 Å². The zero-order chi connectivity index (χ0) is 26.2. The molecule has 0 unspecified atom stereocenters. The van der Waals surface area contributed by atoms with E-state index in [4.69, 9.17) is 0 Å². The maximum atomic E-state index is 10.7. The van der Waals surface area contributed by atoms with Crippen LogP contribution in [0.2, 0.25) is 0 Å². The van der Waals surface area contributed by atoms with Crippen LogP contribution in [0.3, 0.4) is 0 Å². The van der Waals surface area contributed by atoms with E-state index in [9.17, 15) is 4.79 Å². The quantitative estimate of drug-likeness (QED) is 0.0746. The molecule has 0 aromatic rings. The molecule has 1 nitrogen and oxygen atoms in total. The topological polar surface area (TPSA) is 17.1 Å². The molecule has 0 aliphatic rings. The summed E-state index contributed by atoms with van der Waals surface area (Å²) in [7, 11) is 0. The van der Waals surface area contributed by atoms with Crippen LogP contribution in [0.4, 0.5) is 0 Å². The van der Waals surface area contributed by atoms with E-state index in [-0.39, 0.29) is 5.78 Å². The minimum atomic E-state index is 0.0583. The van der Waals surface area contributed by atoms with Gasteiger partial charge in [0, 0.05) is 0 Å². The van der Waals surface area contributed by atoms with Gasteiger partial charge < -0.3 is 0 Å². The molecule has 0 fully saturated rings. The van der Waals surface area contributed by atoms with Crippen molar-refractivity contribution in [1.82, 2.24) is 0 Å². The lowest BCUT2D eigenvalue weighted by Crippen LogP contribution is -1.83. The standard InChI is InChI=1S/C35H54O/c1-3-4-5-6-7-8-9-10-11-12-13-14-15-16-17-18-19-20-21-22-23-24-25-26-27-28-29-30-31-32-33-34-35(2)36/h19-34H,3-18H2,1-2H3. The molecule has 200 valence electrons. The van der Waals surface area contributed by atoms with Crippen LogP contribution >= 0.6 is 0 Å². The summed E-state index contributed by atoms with van der Waals surface area (Å²) in [5.74, 6) is 0.0583. The van der Waals surface area contributed by atoms with Gasteiger partial charge in [0.15, 0.2) is 5.78 Å². The van der Waals surface area contributed by atoms with Gasteiger partial charge in [0.2, 0.25) is 0 Å². The fraction of sp³-hybridized carbons (Fsp3) is 0.514. The monoisotopic (exact) mass is 490 g/mol. The summed E-state index contributed by atoms with van der Waals surface area (Å²) < 4.78 is 0. The highest BCUT2D eigenvalue weighted by atomic mass is 16.1. The Balaban J connectivity index is 3.49. The molecular formula is C35H54O. The van der Waals surface area contributed by atoms with Gasteiger partial charge in [-0.25, -0.2) is 0 Å². The molecule has 1 heteroatoms. The molecule has 0 atom stereocenters. The normalized spacial score (nSPS) is 13.2. The maximum Gasteiger partial charge on any atom is 0.152 e. The largest absolute Gasteiger partial charge is 0.295 e. The van der Waals surface area contributed by atoms with Gasteiger partial charge >= 0.3 is 0 Å². The van der Waals surface area contributed by atoms with Gasteiger partial charge in [0.25, 0.3) is 0 Å². The van der Waals surface area contributed by atoms with Crippen LogP contribution in [-0.2, 0) is 4.79 Å². The van der Waals surface area contributed by atoms with Gasteiger partial charge in [-0.15, -0.1) is 0 Å². The zero-order valence-corrected chi connectivity index (χ0v) is 23.5. The minimum absolute atomic E-state index is 0.0583. The van der Waals surface area contributed by atoms with E-state index >= 15 is 0 Å². The van der Waals surface area contributed by atoms with Gasteiger partial charge in [0.05, 0.1) is 0 Å². The van der Waals surface area contributed by atoms with E-state index in [1.165, 1.54) is 103 Å². The summed E-state index contributed by atoms with van der Waals surface area (Å²) in [4.78, 5) is 10.7. The molecule has 0 aliphatic heterocycles. The summed E-state index contributed by atoms with van der Waals surface area (Å²) in [6.45, 7) is 3.83. The third-order valence-corrected chi connectivity index (χ3v) is 5.89. The molecule has 0 aromatic carbocycles. The highest BCUT2D eigenvalue weighted by Gasteiger charge is 1.94. The van der Waals surface area contributed by atoms with E-state index in [1.807, 2.05) is 60.8 Å². The molecule has 0 saturated heterocycles. The number of allylic oxidation sites excluding steroid dienone is 16. The molecule has 0 saturated carbocycles. The van der Waals surface area contributed by atoms with Crippen molar-refractivity contribution in [1.29, 1.82) is 0 Å². The summed E-state index contributed by atoms with van der Waals surface area (Å²) >= 11 is 0. The molecule has 0 rings (SSSR count). The van der Waals surface area contributed by atoms with Crippen molar-refractivity contribution >= 4 is 5.78 Å². The van der Waals surface area contributed by atoms with Crippen molar-refractivity contribution in [2.24, 2.45) is 0 Å². The van der Waals surface area contributed by atoms with E-state index in [1.54, 1.807) is 19.1 Å². The first-order valence-corrected chi connectivity index (χ1v) is 14.6. The van der Waals surface area contributed by atoms with Crippen molar-refractivity contribution in [2.45, 2.75) is 117 Å². The lowest BCUT2D eigenvalue weighted by Gasteiger charge is -2.03. The predicted molar refractivity (Wildman–Crippen MR) is 163 cm³/mol. The Morgan fingerprint density at radius 2 is 0.722 bits per heavy atom. The molecular weight excluding hydrogens is 436 g/mol. The van der Waals surface area contributed by atoms with Crippen LogP contribution in [-0.4, -0.2) is 5.78 Å². The highest BCUT2D eigenvalue weighted by molar-refractivity contribution is 5.87. The van der Waals surface area contributed by atoms with Gasteiger partial charge in [0.1, 0.15) is 0 Å². The minimum Gasteiger partial charge on any atom is -0.295 e. The fourth-order valence-corrected chi connectivity index (χ4v) is 3.77. The van der Waals surface area contributed by atoms with Crippen LogP contribution in [0.15, 0.2) is 97.2 Å². The van der Waals surface area contributed by atoms with E-state index in [0.29, 0.717) is 0 Å². The molecule has 0 aliphatic carbocycles. The molecule has 0 aromatic heterocycles. The smallest absolute Gasteiger partial charge is 0.152 e. The molecule has 0 radical (unpaired) electrons. The molecule has 0 N–H and O–H groups in total. The van der Waals surface area contributed by atoms with Crippen molar-refractivity contribution in [3.63, 3.8) is 0 Å². The van der Waals surface area contributed by atoms with Gasteiger partial charge in [-0.2, -0.15) is 0 Å². The first-order chi connectivity index (χ1) is 17.8. The van der Waals surface area contributed by atoms with E-state index in [0.717, 1.165) is 0 Å². The number of ketones is 1. The Morgan fingerprint density at radius 1 is 0.417 bits per heavy atom. The third-order valence-electron chi connectivity index (χ3n) is 5.89. The van der Waals surface area contributed by atoms with Crippen molar-refractivity contribution in [3.05, 3.63) is 97.2 Å². The lowest BCUT2D eigenvalue weighted by molar-refractivity contribution is -0.112. The predicted octanol–water partition coefficient (Wildman–Crippen LogP) is 11.3. The van der Waals surface area contributed by atoms with Gasteiger partial charge in [-0.3, -0.25) is 4.79 Å². The third kappa shape index (κ3) is 31.6. The summed E-state index contributed by atoms with van der Waals surface area (Å²) in [5, 5.41) is 0. The second kappa shape index (κ2) is 30.6. The van der Waals surface area contributed by atoms with Crippen LogP contribution in [0.25, 0.3) is 0 Å². The first-order valence-electron chi connectivity index (χ1n) is 14.6. The van der Waals surface area contributed by atoms with Crippen LogP contribution < -0.4 is 0 Å². The number of carbonyl (C=O) groups excluding carboxylic acids is 1. The average molecular weight is 491 g/mol. The Kier molecular flexibility index (Phi) is 28.6.